The molecule has 0 nitrogen and oxygen atoms in total. The maximum atomic E-state index is 13.1. The van der Waals surface area contributed by atoms with Crippen molar-refractivity contribution in [3.63, 3.8) is 0 Å². The number of halogens is 5. The van der Waals surface area contributed by atoms with E-state index in [0.29, 0.717) is 0 Å². The van der Waals surface area contributed by atoms with Crippen molar-refractivity contribution < 1.29 is 22.0 Å². The van der Waals surface area contributed by atoms with Crippen molar-refractivity contribution in [2.45, 2.75) is 19.2 Å². The Labute approximate surface area is 84.5 Å². The molecule has 0 aliphatic rings. The zero-order valence-corrected chi connectivity index (χ0v) is 7.97. The van der Waals surface area contributed by atoms with Crippen LogP contribution in [0.3, 0.4) is 0 Å². The summed E-state index contributed by atoms with van der Waals surface area (Å²) in [6.07, 6.45) is 0. The standard InChI is InChI=1S/C9H6BF5/c1-9(2,10)3-4(11)6(13)8(15)7(14)5(3)12/h1-2H3. The van der Waals surface area contributed by atoms with Crippen LogP contribution in [-0.4, -0.2) is 7.85 Å². The maximum absolute atomic E-state index is 13.1. The van der Waals surface area contributed by atoms with Gasteiger partial charge in [-0.1, -0.05) is 13.8 Å². The van der Waals surface area contributed by atoms with E-state index in [1.54, 1.807) is 0 Å². The first-order chi connectivity index (χ1) is 6.68. The van der Waals surface area contributed by atoms with Gasteiger partial charge in [0.2, 0.25) is 5.82 Å². The second-order valence-electron chi connectivity index (χ2n) is 3.67. The Morgan fingerprint density at radius 3 is 1.27 bits per heavy atom. The number of rotatable bonds is 1. The van der Waals surface area contributed by atoms with Crippen LogP contribution in [0.4, 0.5) is 22.0 Å². The van der Waals surface area contributed by atoms with E-state index in [4.69, 9.17) is 7.85 Å². The molecule has 0 unspecified atom stereocenters. The Kier molecular flexibility index (Phi) is 2.80. The molecule has 15 heavy (non-hydrogen) atoms. The molecule has 0 aliphatic carbocycles. The maximum Gasteiger partial charge on any atom is 0.200 e. The molecule has 0 amide bonds. The van der Waals surface area contributed by atoms with Crippen molar-refractivity contribution >= 4 is 7.85 Å². The first-order valence-electron chi connectivity index (χ1n) is 3.98. The molecule has 0 aliphatic heterocycles. The van der Waals surface area contributed by atoms with Crippen LogP contribution in [0.25, 0.3) is 0 Å². The van der Waals surface area contributed by atoms with Gasteiger partial charge in [0.25, 0.3) is 0 Å². The predicted molar refractivity (Wildman–Crippen MR) is 45.0 cm³/mol. The molecule has 0 fully saturated rings. The van der Waals surface area contributed by atoms with Crippen LogP contribution in [0.1, 0.15) is 19.4 Å². The molecule has 6 heteroatoms. The Morgan fingerprint density at radius 1 is 0.733 bits per heavy atom. The van der Waals surface area contributed by atoms with Gasteiger partial charge in [-0.05, 0) is 5.31 Å². The molecule has 0 atom stereocenters. The van der Waals surface area contributed by atoms with Crippen molar-refractivity contribution in [3.8, 4) is 0 Å². The van der Waals surface area contributed by atoms with Crippen LogP contribution < -0.4 is 0 Å². The fraction of sp³-hybridized carbons (Fsp3) is 0.333. The molecular weight excluding hydrogens is 214 g/mol. The predicted octanol–water partition coefficient (Wildman–Crippen LogP) is 2.79. The Morgan fingerprint density at radius 2 is 1.00 bits per heavy atom. The molecule has 2 radical (unpaired) electrons. The third kappa shape index (κ3) is 1.85. The molecule has 80 valence electrons. The van der Waals surface area contributed by atoms with E-state index < -0.39 is 40.0 Å². The average Bonchev–Trinajstić information content (AvgIpc) is 2.09. The molecular formula is C9H6BF5. The van der Waals surface area contributed by atoms with E-state index in [1.807, 2.05) is 0 Å². The van der Waals surface area contributed by atoms with E-state index in [-0.39, 0.29) is 0 Å². The van der Waals surface area contributed by atoms with Gasteiger partial charge in [0.15, 0.2) is 23.3 Å². The second-order valence-corrected chi connectivity index (χ2v) is 3.67. The molecule has 0 saturated carbocycles. The summed E-state index contributed by atoms with van der Waals surface area (Å²) in [6.45, 7) is 2.29. The summed E-state index contributed by atoms with van der Waals surface area (Å²) in [5, 5.41) is -1.65. The summed E-state index contributed by atoms with van der Waals surface area (Å²) < 4.78 is 64.2. The van der Waals surface area contributed by atoms with Gasteiger partial charge in [-0.2, -0.15) is 0 Å². The van der Waals surface area contributed by atoms with Crippen molar-refractivity contribution in [2.24, 2.45) is 0 Å². The van der Waals surface area contributed by atoms with Crippen LogP contribution in [0.15, 0.2) is 0 Å². The number of hydrogen-bond donors (Lipinski definition) is 0. The van der Waals surface area contributed by atoms with Crippen LogP contribution in [0.5, 0.6) is 0 Å². The van der Waals surface area contributed by atoms with Crippen LogP contribution in [-0.2, 0) is 5.31 Å². The first-order valence-corrected chi connectivity index (χ1v) is 3.98. The summed E-state index contributed by atoms with van der Waals surface area (Å²) in [6, 6.07) is 0. The molecule has 0 N–H and O–H groups in total. The quantitative estimate of drug-likeness (QED) is 0.295. The lowest BCUT2D eigenvalue weighted by atomic mass is 9.67. The summed E-state index contributed by atoms with van der Waals surface area (Å²) in [7, 11) is 5.31. The van der Waals surface area contributed by atoms with Gasteiger partial charge in [0.1, 0.15) is 0 Å². The van der Waals surface area contributed by atoms with Gasteiger partial charge in [-0.3, -0.25) is 0 Å². The molecule has 1 aromatic carbocycles. The summed E-state index contributed by atoms with van der Waals surface area (Å²) in [5.74, 6) is -9.93. The Hall–Kier alpha value is -1.07. The minimum atomic E-state index is -2.18. The van der Waals surface area contributed by atoms with Crippen molar-refractivity contribution in [3.05, 3.63) is 34.6 Å². The van der Waals surface area contributed by atoms with Crippen molar-refractivity contribution in [1.29, 1.82) is 0 Å². The normalized spacial score (nSPS) is 11.9. The molecule has 0 heterocycles. The van der Waals surface area contributed by atoms with Crippen molar-refractivity contribution in [1.82, 2.24) is 0 Å². The molecule has 0 bridgehead atoms. The zero-order valence-electron chi connectivity index (χ0n) is 7.97. The largest absolute Gasteiger partial charge is 0.203 e. The third-order valence-corrected chi connectivity index (χ3v) is 1.85. The topological polar surface area (TPSA) is 0 Å². The van der Waals surface area contributed by atoms with Gasteiger partial charge in [-0.15, -0.1) is 0 Å². The van der Waals surface area contributed by atoms with Crippen LogP contribution in [0.2, 0.25) is 0 Å². The second kappa shape index (κ2) is 3.50. The number of benzene rings is 1. The minimum absolute atomic E-state index is 1.01. The van der Waals surface area contributed by atoms with E-state index in [0.717, 1.165) is 13.8 Å². The zero-order chi connectivity index (χ0) is 12.0. The number of hydrogen-bond acceptors (Lipinski definition) is 0. The third-order valence-electron chi connectivity index (χ3n) is 1.85. The van der Waals surface area contributed by atoms with Gasteiger partial charge >= 0.3 is 0 Å². The smallest absolute Gasteiger partial charge is 0.200 e. The molecule has 0 aromatic heterocycles. The van der Waals surface area contributed by atoms with Gasteiger partial charge < -0.3 is 0 Å². The van der Waals surface area contributed by atoms with E-state index in [2.05, 4.69) is 0 Å². The highest BCUT2D eigenvalue weighted by molar-refractivity contribution is 6.15. The lowest BCUT2D eigenvalue weighted by Crippen LogP contribution is -2.23. The SMILES string of the molecule is [B]C(C)(C)c1c(F)c(F)c(F)c(F)c1F. The van der Waals surface area contributed by atoms with Gasteiger partial charge in [0.05, 0.1) is 7.85 Å². The van der Waals surface area contributed by atoms with Crippen LogP contribution in [0, 0.1) is 29.1 Å². The fourth-order valence-electron chi connectivity index (χ4n) is 1.17. The van der Waals surface area contributed by atoms with Gasteiger partial charge in [-0.25, -0.2) is 22.0 Å². The van der Waals surface area contributed by atoms with Crippen molar-refractivity contribution in [2.75, 3.05) is 0 Å². The first kappa shape index (κ1) is 12.0. The highest BCUT2D eigenvalue weighted by Gasteiger charge is 2.31. The van der Waals surface area contributed by atoms with E-state index in [9.17, 15) is 22.0 Å². The fourth-order valence-corrected chi connectivity index (χ4v) is 1.17. The summed E-state index contributed by atoms with van der Waals surface area (Å²) in [4.78, 5) is 0. The lowest BCUT2D eigenvalue weighted by molar-refractivity contribution is 0.363. The van der Waals surface area contributed by atoms with Crippen LogP contribution >= 0.6 is 0 Å². The highest BCUT2D eigenvalue weighted by Crippen LogP contribution is 2.30. The molecule has 0 spiro atoms. The van der Waals surface area contributed by atoms with Gasteiger partial charge in [0, 0.05) is 5.56 Å². The lowest BCUT2D eigenvalue weighted by Gasteiger charge is -2.21. The highest BCUT2D eigenvalue weighted by atomic mass is 19.2. The monoisotopic (exact) mass is 220 g/mol. The summed E-state index contributed by atoms with van der Waals surface area (Å²) >= 11 is 0. The Balaban J connectivity index is 3.68. The van der Waals surface area contributed by atoms with E-state index in [1.165, 1.54) is 0 Å². The Bertz CT molecular complexity index is 379. The average molecular weight is 220 g/mol. The molecule has 1 rings (SSSR count). The van der Waals surface area contributed by atoms with E-state index >= 15 is 0 Å². The molecule has 0 saturated heterocycles. The molecule has 1 aromatic rings. The minimum Gasteiger partial charge on any atom is -0.203 e. The summed E-state index contributed by atoms with van der Waals surface area (Å²) in [5.41, 5.74) is -1.01.